The molecule has 0 fully saturated rings. The number of aliphatic imine (C=N–C) groups is 1. The van der Waals surface area contributed by atoms with E-state index in [1.807, 2.05) is 6.08 Å². The van der Waals surface area contributed by atoms with Crippen LogP contribution in [0.25, 0.3) is 0 Å². The molecule has 1 aliphatic heterocycles. The number of amides is 2. The molecule has 0 saturated heterocycles. The van der Waals surface area contributed by atoms with Crippen molar-refractivity contribution in [3.63, 3.8) is 0 Å². The van der Waals surface area contributed by atoms with Crippen molar-refractivity contribution in [2.75, 3.05) is 20.3 Å². The standard InChI is InChI=1S/C15H23N3O5/c1-23-9-8-17-15(22)12(10-11-4-3-7-16-11)18-13(19)5-2-6-14(20)21/h4,7,12H,2-3,5-6,8-10H2,1H3,(H,17,22)(H,18,19)(H,20,21). The Bertz CT molecular complexity index is 488. The molecule has 1 atom stereocenters. The van der Waals surface area contributed by atoms with Crippen LogP contribution in [0.1, 0.15) is 32.1 Å². The number of allylic oxidation sites excluding steroid dienone is 1. The Balaban J connectivity index is 2.51. The number of nitrogens with zero attached hydrogens (tertiary/aromatic N) is 1. The van der Waals surface area contributed by atoms with E-state index < -0.39 is 12.0 Å². The molecule has 8 nitrogen and oxygen atoms in total. The number of methoxy groups -OCH3 is 1. The van der Waals surface area contributed by atoms with E-state index in [0.29, 0.717) is 19.6 Å². The van der Waals surface area contributed by atoms with E-state index in [2.05, 4.69) is 15.6 Å². The van der Waals surface area contributed by atoms with Crippen LogP contribution < -0.4 is 10.6 Å². The first kappa shape index (κ1) is 18.8. The number of aliphatic carboxylic acids is 1. The van der Waals surface area contributed by atoms with Crippen LogP contribution in [-0.2, 0) is 19.1 Å². The Morgan fingerprint density at radius 1 is 1.39 bits per heavy atom. The van der Waals surface area contributed by atoms with Crippen LogP contribution in [0.3, 0.4) is 0 Å². The van der Waals surface area contributed by atoms with E-state index in [0.717, 1.165) is 12.1 Å². The summed E-state index contributed by atoms with van der Waals surface area (Å²) in [4.78, 5) is 38.7. The second kappa shape index (κ2) is 10.5. The fraction of sp³-hybridized carbons (Fsp3) is 0.600. The summed E-state index contributed by atoms with van der Waals surface area (Å²) in [6.45, 7) is 0.731. The smallest absolute Gasteiger partial charge is 0.303 e. The normalized spacial score (nSPS) is 14.2. The molecule has 0 radical (unpaired) electrons. The van der Waals surface area contributed by atoms with Crippen LogP contribution in [0.15, 0.2) is 16.8 Å². The molecule has 23 heavy (non-hydrogen) atoms. The van der Waals surface area contributed by atoms with Crippen LogP contribution in [0.2, 0.25) is 0 Å². The Labute approximate surface area is 135 Å². The molecule has 8 heteroatoms. The molecule has 2 amide bonds. The highest BCUT2D eigenvalue weighted by Gasteiger charge is 2.22. The first-order valence-electron chi connectivity index (χ1n) is 7.52. The fourth-order valence-electron chi connectivity index (χ4n) is 2.03. The average molecular weight is 325 g/mol. The number of carboxylic acid groups (broad SMARTS) is 1. The van der Waals surface area contributed by atoms with Crippen molar-refractivity contribution >= 4 is 24.0 Å². The number of hydrogen-bond acceptors (Lipinski definition) is 5. The van der Waals surface area contributed by atoms with Crippen molar-refractivity contribution in [3.05, 3.63) is 11.8 Å². The Morgan fingerprint density at radius 3 is 2.78 bits per heavy atom. The molecule has 0 aromatic heterocycles. The summed E-state index contributed by atoms with van der Waals surface area (Å²) >= 11 is 0. The lowest BCUT2D eigenvalue weighted by Gasteiger charge is -2.18. The van der Waals surface area contributed by atoms with Crippen molar-refractivity contribution in [1.82, 2.24) is 10.6 Å². The van der Waals surface area contributed by atoms with E-state index in [-0.39, 0.29) is 31.1 Å². The lowest BCUT2D eigenvalue weighted by molar-refractivity contribution is -0.137. The van der Waals surface area contributed by atoms with Crippen LogP contribution >= 0.6 is 0 Å². The molecule has 1 rings (SSSR count). The quantitative estimate of drug-likeness (QED) is 0.470. The van der Waals surface area contributed by atoms with Crippen molar-refractivity contribution in [2.45, 2.75) is 38.1 Å². The topological polar surface area (TPSA) is 117 Å². The minimum Gasteiger partial charge on any atom is -0.481 e. The SMILES string of the molecule is COCCNC(=O)C(CC1=CCC=N1)NC(=O)CCCC(=O)O. The molecule has 3 N–H and O–H groups in total. The molecule has 0 bridgehead atoms. The predicted octanol–water partition coefficient (Wildman–Crippen LogP) is 0.237. The van der Waals surface area contributed by atoms with Crippen molar-refractivity contribution in [2.24, 2.45) is 4.99 Å². The van der Waals surface area contributed by atoms with E-state index in [1.165, 1.54) is 7.11 Å². The van der Waals surface area contributed by atoms with Crippen LogP contribution in [0.5, 0.6) is 0 Å². The van der Waals surface area contributed by atoms with Gasteiger partial charge in [0, 0.05) is 51.2 Å². The highest BCUT2D eigenvalue weighted by atomic mass is 16.5. The van der Waals surface area contributed by atoms with Gasteiger partial charge in [0.15, 0.2) is 0 Å². The molecule has 128 valence electrons. The van der Waals surface area contributed by atoms with Gasteiger partial charge in [-0.05, 0) is 6.42 Å². The number of carbonyl (C=O) groups excluding carboxylic acids is 2. The summed E-state index contributed by atoms with van der Waals surface area (Å²) in [6.07, 6.45) is 4.89. The zero-order chi connectivity index (χ0) is 17.1. The van der Waals surface area contributed by atoms with Crippen molar-refractivity contribution < 1.29 is 24.2 Å². The van der Waals surface area contributed by atoms with Gasteiger partial charge in [0.2, 0.25) is 11.8 Å². The van der Waals surface area contributed by atoms with E-state index in [1.54, 1.807) is 6.21 Å². The Kier molecular flexibility index (Phi) is 8.59. The largest absolute Gasteiger partial charge is 0.481 e. The Morgan fingerprint density at radius 2 is 2.17 bits per heavy atom. The minimum absolute atomic E-state index is 0.0659. The fourth-order valence-corrected chi connectivity index (χ4v) is 2.03. The first-order chi connectivity index (χ1) is 11.0. The van der Waals surface area contributed by atoms with E-state index in [4.69, 9.17) is 9.84 Å². The number of carboxylic acids is 1. The molecular weight excluding hydrogens is 302 g/mol. The molecule has 1 aliphatic rings. The van der Waals surface area contributed by atoms with Gasteiger partial charge in [0.25, 0.3) is 0 Å². The zero-order valence-electron chi connectivity index (χ0n) is 13.2. The van der Waals surface area contributed by atoms with Crippen LogP contribution in [0, 0.1) is 0 Å². The third-order valence-corrected chi connectivity index (χ3v) is 3.18. The molecule has 0 aliphatic carbocycles. The highest BCUT2D eigenvalue weighted by Crippen LogP contribution is 2.13. The summed E-state index contributed by atoms with van der Waals surface area (Å²) < 4.78 is 4.87. The monoisotopic (exact) mass is 325 g/mol. The molecule has 1 heterocycles. The van der Waals surface area contributed by atoms with Gasteiger partial charge in [-0.25, -0.2) is 0 Å². The van der Waals surface area contributed by atoms with E-state index in [9.17, 15) is 14.4 Å². The van der Waals surface area contributed by atoms with Crippen molar-refractivity contribution in [3.8, 4) is 0 Å². The van der Waals surface area contributed by atoms with Gasteiger partial charge in [-0.2, -0.15) is 0 Å². The maximum atomic E-state index is 12.2. The summed E-state index contributed by atoms with van der Waals surface area (Å²) in [7, 11) is 1.53. The summed E-state index contributed by atoms with van der Waals surface area (Å²) in [5, 5.41) is 13.9. The number of rotatable bonds is 11. The third-order valence-electron chi connectivity index (χ3n) is 3.18. The van der Waals surface area contributed by atoms with Crippen LogP contribution in [-0.4, -0.2) is 55.4 Å². The summed E-state index contributed by atoms with van der Waals surface area (Å²) in [6, 6.07) is -0.731. The van der Waals surface area contributed by atoms with Crippen LogP contribution in [0.4, 0.5) is 0 Å². The number of ether oxygens (including phenoxy) is 1. The first-order valence-corrected chi connectivity index (χ1v) is 7.52. The van der Waals surface area contributed by atoms with Gasteiger partial charge in [-0.1, -0.05) is 6.08 Å². The molecular formula is C15H23N3O5. The molecule has 0 saturated carbocycles. The molecule has 0 spiro atoms. The molecule has 0 aromatic carbocycles. The molecule has 1 unspecified atom stereocenters. The average Bonchev–Trinajstić information content (AvgIpc) is 2.99. The van der Waals surface area contributed by atoms with Crippen molar-refractivity contribution in [1.29, 1.82) is 0 Å². The van der Waals surface area contributed by atoms with Gasteiger partial charge >= 0.3 is 5.97 Å². The van der Waals surface area contributed by atoms with Gasteiger partial charge in [-0.15, -0.1) is 0 Å². The van der Waals surface area contributed by atoms with Gasteiger partial charge in [-0.3, -0.25) is 19.4 Å². The summed E-state index contributed by atoms with van der Waals surface area (Å²) in [5.74, 6) is -1.60. The lowest BCUT2D eigenvalue weighted by atomic mass is 10.1. The maximum absolute atomic E-state index is 12.2. The number of hydrogen-bond donors (Lipinski definition) is 3. The van der Waals surface area contributed by atoms with E-state index >= 15 is 0 Å². The highest BCUT2D eigenvalue weighted by molar-refractivity contribution is 5.88. The number of carbonyl (C=O) groups is 3. The van der Waals surface area contributed by atoms with Gasteiger partial charge in [0.1, 0.15) is 6.04 Å². The predicted molar refractivity (Wildman–Crippen MR) is 84.1 cm³/mol. The second-order valence-corrected chi connectivity index (χ2v) is 5.10. The second-order valence-electron chi connectivity index (χ2n) is 5.10. The zero-order valence-corrected chi connectivity index (χ0v) is 13.2. The van der Waals surface area contributed by atoms with Gasteiger partial charge < -0.3 is 20.5 Å². The minimum atomic E-state index is -0.947. The maximum Gasteiger partial charge on any atom is 0.303 e. The Hall–Kier alpha value is -2.22. The lowest BCUT2D eigenvalue weighted by Crippen LogP contribution is -2.47. The number of nitrogens with one attached hydrogen (secondary N) is 2. The summed E-state index contributed by atoms with van der Waals surface area (Å²) in [5.41, 5.74) is 0.753. The third kappa shape index (κ3) is 8.10. The molecule has 0 aromatic rings. The van der Waals surface area contributed by atoms with Gasteiger partial charge in [0.05, 0.1) is 6.61 Å².